The Kier molecular flexibility index (Phi) is 4.61. The fourth-order valence-electron chi connectivity index (χ4n) is 5.13. The third-order valence-electron chi connectivity index (χ3n) is 6.46. The standard InChI is InChI=1S/C25H26N2O/c28-25(24-12-6-10-19-9-4-5-11-23(19)24)26-20-15-21-13-14-22(16-20)27(21)17-18-7-2-1-3-8-18/h1-12,20-22H,13-17H2,(H,26,28)/t20?,21-,22+. The highest BCUT2D eigenvalue weighted by molar-refractivity contribution is 6.07. The van der Waals surface area contributed by atoms with Crippen LogP contribution in [0.3, 0.4) is 0 Å². The van der Waals surface area contributed by atoms with Crippen molar-refractivity contribution in [2.75, 3.05) is 0 Å². The highest BCUT2D eigenvalue weighted by Crippen LogP contribution is 2.37. The number of hydrogen-bond donors (Lipinski definition) is 1. The molecule has 3 nitrogen and oxygen atoms in total. The van der Waals surface area contributed by atoms with Crippen molar-refractivity contribution in [3.8, 4) is 0 Å². The van der Waals surface area contributed by atoms with E-state index in [1.807, 2.05) is 30.3 Å². The molecule has 2 bridgehead atoms. The molecule has 28 heavy (non-hydrogen) atoms. The van der Waals surface area contributed by atoms with Crippen LogP contribution in [-0.2, 0) is 6.54 Å². The monoisotopic (exact) mass is 370 g/mol. The molecule has 0 spiro atoms. The van der Waals surface area contributed by atoms with E-state index in [0.29, 0.717) is 12.1 Å². The van der Waals surface area contributed by atoms with Crippen molar-refractivity contribution in [1.82, 2.24) is 10.2 Å². The lowest BCUT2D eigenvalue weighted by Crippen LogP contribution is -2.50. The summed E-state index contributed by atoms with van der Waals surface area (Å²) in [6, 6.07) is 26.3. The fourth-order valence-corrected chi connectivity index (χ4v) is 5.13. The largest absolute Gasteiger partial charge is 0.349 e. The average molecular weight is 370 g/mol. The van der Waals surface area contributed by atoms with Crippen molar-refractivity contribution >= 4 is 16.7 Å². The SMILES string of the molecule is O=C(NC1C[C@H]2CC[C@@H](C1)N2Cc1ccccc1)c1cccc2ccccc12. The summed E-state index contributed by atoms with van der Waals surface area (Å²) >= 11 is 0. The minimum Gasteiger partial charge on any atom is -0.349 e. The van der Waals surface area contributed by atoms with Gasteiger partial charge in [-0.15, -0.1) is 0 Å². The molecule has 1 unspecified atom stereocenters. The van der Waals surface area contributed by atoms with Gasteiger partial charge in [0.05, 0.1) is 0 Å². The molecule has 1 N–H and O–H groups in total. The Balaban J connectivity index is 1.28. The minimum atomic E-state index is 0.0673. The first kappa shape index (κ1) is 17.4. The van der Waals surface area contributed by atoms with E-state index >= 15 is 0 Å². The Labute approximate surface area is 166 Å². The Bertz CT molecular complexity index is 965. The number of piperidine rings is 1. The van der Waals surface area contributed by atoms with Crippen LogP contribution < -0.4 is 5.32 Å². The maximum absolute atomic E-state index is 13.0. The van der Waals surface area contributed by atoms with Crippen LogP contribution in [0, 0.1) is 0 Å². The van der Waals surface area contributed by atoms with Gasteiger partial charge in [0.1, 0.15) is 0 Å². The normalized spacial score (nSPS) is 24.4. The van der Waals surface area contributed by atoms with Gasteiger partial charge >= 0.3 is 0 Å². The van der Waals surface area contributed by atoms with Gasteiger partial charge in [-0.25, -0.2) is 0 Å². The van der Waals surface area contributed by atoms with Crippen molar-refractivity contribution in [1.29, 1.82) is 0 Å². The molecule has 3 atom stereocenters. The van der Waals surface area contributed by atoms with E-state index < -0.39 is 0 Å². The predicted molar refractivity (Wildman–Crippen MR) is 113 cm³/mol. The number of fused-ring (bicyclic) bond motifs is 3. The zero-order valence-electron chi connectivity index (χ0n) is 16.1. The number of benzene rings is 3. The average Bonchev–Trinajstić information content (AvgIpc) is 2.96. The van der Waals surface area contributed by atoms with Crippen LogP contribution in [0.15, 0.2) is 72.8 Å². The van der Waals surface area contributed by atoms with Crippen LogP contribution in [0.2, 0.25) is 0 Å². The molecule has 0 aliphatic carbocycles. The van der Waals surface area contributed by atoms with Crippen LogP contribution in [0.5, 0.6) is 0 Å². The summed E-state index contributed by atoms with van der Waals surface area (Å²) in [5.41, 5.74) is 2.18. The smallest absolute Gasteiger partial charge is 0.252 e. The first-order chi connectivity index (χ1) is 13.8. The van der Waals surface area contributed by atoms with Crippen LogP contribution >= 0.6 is 0 Å². The van der Waals surface area contributed by atoms with E-state index in [2.05, 4.69) is 52.7 Å². The lowest BCUT2D eigenvalue weighted by atomic mass is 9.95. The quantitative estimate of drug-likeness (QED) is 0.718. The van der Waals surface area contributed by atoms with Crippen LogP contribution in [0.25, 0.3) is 10.8 Å². The van der Waals surface area contributed by atoms with Crippen LogP contribution in [-0.4, -0.2) is 28.9 Å². The molecule has 3 aromatic rings. The van der Waals surface area contributed by atoms with Crippen molar-refractivity contribution in [2.24, 2.45) is 0 Å². The number of carbonyl (C=O) groups excluding carboxylic acids is 1. The third-order valence-corrected chi connectivity index (χ3v) is 6.46. The molecule has 0 saturated carbocycles. The maximum Gasteiger partial charge on any atom is 0.252 e. The van der Waals surface area contributed by atoms with E-state index in [-0.39, 0.29) is 11.9 Å². The second-order valence-corrected chi connectivity index (χ2v) is 8.21. The number of nitrogens with zero attached hydrogens (tertiary/aromatic N) is 1. The van der Waals surface area contributed by atoms with Gasteiger partial charge in [0.25, 0.3) is 5.91 Å². The minimum absolute atomic E-state index is 0.0673. The molecule has 2 saturated heterocycles. The Morgan fingerprint density at radius 1 is 0.857 bits per heavy atom. The van der Waals surface area contributed by atoms with Gasteiger partial charge in [-0.1, -0.05) is 66.7 Å². The van der Waals surface area contributed by atoms with Gasteiger partial charge < -0.3 is 5.32 Å². The number of hydrogen-bond acceptors (Lipinski definition) is 2. The Morgan fingerprint density at radius 2 is 1.54 bits per heavy atom. The van der Waals surface area contributed by atoms with E-state index in [9.17, 15) is 4.79 Å². The zero-order valence-corrected chi connectivity index (χ0v) is 16.1. The van der Waals surface area contributed by atoms with Crippen molar-refractivity contribution in [3.05, 3.63) is 83.9 Å². The molecule has 2 fully saturated rings. The lowest BCUT2D eigenvalue weighted by Gasteiger charge is -2.39. The summed E-state index contributed by atoms with van der Waals surface area (Å²) < 4.78 is 0. The summed E-state index contributed by atoms with van der Waals surface area (Å²) in [6.45, 7) is 1.03. The Morgan fingerprint density at radius 3 is 2.32 bits per heavy atom. The number of nitrogens with one attached hydrogen (secondary N) is 1. The van der Waals surface area contributed by atoms with E-state index in [4.69, 9.17) is 0 Å². The van der Waals surface area contributed by atoms with Crippen molar-refractivity contribution in [2.45, 2.75) is 50.4 Å². The maximum atomic E-state index is 13.0. The van der Waals surface area contributed by atoms with Gasteiger partial charge in [-0.3, -0.25) is 9.69 Å². The summed E-state index contributed by atoms with van der Waals surface area (Å²) in [4.78, 5) is 15.7. The summed E-state index contributed by atoms with van der Waals surface area (Å²) in [6.07, 6.45) is 4.61. The molecule has 3 aromatic carbocycles. The second-order valence-electron chi connectivity index (χ2n) is 8.21. The highest BCUT2D eigenvalue weighted by atomic mass is 16.1. The van der Waals surface area contributed by atoms with Gasteiger partial charge in [-0.05, 0) is 48.1 Å². The van der Waals surface area contributed by atoms with Gasteiger partial charge in [-0.2, -0.15) is 0 Å². The predicted octanol–water partition coefficient (Wildman–Crippen LogP) is 4.77. The van der Waals surface area contributed by atoms with E-state index in [0.717, 1.165) is 35.7 Å². The van der Waals surface area contributed by atoms with E-state index in [1.165, 1.54) is 18.4 Å². The van der Waals surface area contributed by atoms with Gasteiger partial charge in [0.15, 0.2) is 0 Å². The number of carbonyl (C=O) groups is 1. The molecule has 2 aliphatic rings. The van der Waals surface area contributed by atoms with Crippen LogP contribution in [0.4, 0.5) is 0 Å². The first-order valence-corrected chi connectivity index (χ1v) is 10.4. The molecular weight excluding hydrogens is 344 g/mol. The van der Waals surface area contributed by atoms with E-state index in [1.54, 1.807) is 0 Å². The molecule has 3 heteroatoms. The lowest BCUT2D eigenvalue weighted by molar-refractivity contribution is 0.0829. The van der Waals surface area contributed by atoms with Crippen molar-refractivity contribution in [3.63, 3.8) is 0 Å². The Hall–Kier alpha value is -2.65. The molecule has 1 amide bonds. The molecule has 0 radical (unpaired) electrons. The summed E-state index contributed by atoms with van der Waals surface area (Å²) in [5.74, 6) is 0.0673. The highest BCUT2D eigenvalue weighted by Gasteiger charge is 2.40. The summed E-state index contributed by atoms with van der Waals surface area (Å²) in [7, 11) is 0. The number of amides is 1. The molecule has 142 valence electrons. The first-order valence-electron chi connectivity index (χ1n) is 10.4. The van der Waals surface area contributed by atoms with Crippen LogP contribution in [0.1, 0.15) is 41.6 Å². The molecule has 2 aliphatic heterocycles. The fraction of sp³-hybridized carbons (Fsp3) is 0.320. The summed E-state index contributed by atoms with van der Waals surface area (Å²) in [5, 5.41) is 5.50. The van der Waals surface area contributed by atoms with Crippen molar-refractivity contribution < 1.29 is 4.79 Å². The topological polar surface area (TPSA) is 32.3 Å². The molecular formula is C25H26N2O. The second kappa shape index (κ2) is 7.40. The molecule has 5 rings (SSSR count). The zero-order chi connectivity index (χ0) is 18.9. The van der Waals surface area contributed by atoms with Gasteiger partial charge in [0.2, 0.25) is 0 Å². The third kappa shape index (κ3) is 3.31. The van der Waals surface area contributed by atoms with Gasteiger partial charge in [0, 0.05) is 30.2 Å². The molecule has 0 aromatic heterocycles. The molecule has 2 heterocycles. The number of rotatable bonds is 4.